The van der Waals surface area contributed by atoms with Gasteiger partial charge >= 0.3 is 0 Å². The summed E-state index contributed by atoms with van der Waals surface area (Å²) in [6.45, 7) is 3.85. The Hall–Kier alpha value is -0.860. The zero-order valence-corrected chi connectivity index (χ0v) is 8.90. The van der Waals surface area contributed by atoms with Crippen molar-refractivity contribution in [3.8, 4) is 0 Å². The smallest absolute Gasteiger partial charge is 0.0512 e. The van der Waals surface area contributed by atoms with E-state index in [1.807, 2.05) is 0 Å². The lowest BCUT2D eigenvalue weighted by Crippen LogP contribution is -2.13. The van der Waals surface area contributed by atoms with Gasteiger partial charge in [0.05, 0.1) is 6.10 Å². The molecular weight excluding hydrogens is 174 g/mol. The van der Waals surface area contributed by atoms with Crippen LogP contribution in [0.25, 0.3) is 0 Å². The van der Waals surface area contributed by atoms with Crippen molar-refractivity contribution in [1.82, 2.24) is 0 Å². The first-order valence-corrected chi connectivity index (χ1v) is 5.10. The van der Waals surface area contributed by atoms with E-state index in [1.54, 1.807) is 6.92 Å². The van der Waals surface area contributed by atoms with Crippen molar-refractivity contribution in [3.63, 3.8) is 0 Å². The van der Waals surface area contributed by atoms with Gasteiger partial charge in [0.1, 0.15) is 0 Å². The van der Waals surface area contributed by atoms with Crippen LogP contribution in [0.2, 0.25) is 0 Å². The average Bonchev–Trinajstić information content (AvgIpc) is 2.15. The molecule has 2 unspecified atom stereocenters. The Balaban J connectivity index is 2.52. The van der Waals surface area contributed by atoms with Crippen molar-refractivity contribution in [3.05, 3.63) is 35.4 Å². The summed E-state index contributed by atoms with van der Waals surface area (Å²) in [7, 11) is 0. The van der Waals surface area contributed by atoms with Gasteiger partial charge in [0.15, 0.2) is 0 Å². The van der Waals surface area contributed by atoms with Gasteiger partial charge in [-0.2, -0.15) is 0 Å². The van der Waals surface area contributed by atoms with Crippen LogP contribution >= 0.6 is 0 Å². The Morgan fingerprint density at radius 3 is 2.29 bits per heavy atom. The molecule has 1 aromatic rings. The number of rotatable bonds is 4. The van der Waals surface area contributed by atoms with E-state index in [1.165, 1.54) is 5.56 Å². The van der Waals surface area contributed by atoms with E-state index >= 15 is 0 Å². The molecule has 3 N–H and O–H groups in total. The summed E-state index contributed by atoms with van der Waals surface area (Å²) >= 11 is 0. The summed E-state index contributed by atoms with van der Waals surface area (Å²) in [6.07, 6.45) is 1.34. The molecule has 0 spiro atoms. The maximum Gasteiger partial charge on any atom is 0.0512 e. The highest BCUT2D eigenvalue weighted by Crippen LogP contribution is 2.17. The van der Waals surface area contributed by atoms with Gasteiger partial charge < -0.3 is 10.8 Å². The number of nitrogens with two attached hydrogens (primary N) is 1. The second kappa shape index (κ2) is 5.13. The number of benzene rings is 1. The van der Waals surface area contributed by atoms with E-state index in [-0.39, 0.29) is 12.1 Å². The third-order valence-corrected chi connectivity index (χ3v) is 2.40. The van der Waals surface area contributed by atoms with Crippen LogP contribution in [0.4, 0.5) is 0 Å². The van der Waals surface area contributed by atoms with Crippen LogP contribution in [0.1, 0.15) is 36.9 Å². The lowest BCUT2D eigenvalue weighted by atomic mass is 10.0. The molecule has 1 aromatic carbocycles. The van der Waals surface area contributed by atoms with Crippen molar-refractivity contribution in [1.29, 1.82) is 0 Å². The van der Waals surface area contributed by atoms with Crippen LogP contribution in [-0.4, -0.2) is 11.2 Å². The van der Waals surface area contributed by atoms with Crippen LogP contribution in [0.3, 0.4) is 0 Å². The van der Waals surface area contributed by atoms with Crippen molar-refractivity contribution < 1.29 is 5.11 Å². The molecule has 78 valence electrons. The van der Waals surface area contributed by atoms with Gasteiger partial charge in [-0.3, -0.25) is 0 Å². The molecule has 2 nitrogen and oxygen atoms in total. The average molecular weight is 193 g/mol. The fourth-order valence-corrected chi connectivity index (χ4v) is 1.40. The topological polar surface area (TPSA) is 46.2 Å². The van der Waals surface area contributed by atoms with E-state index < -0.39 is 0 Å². The van der Waals surface area contributed by atoms with Crippen LogP contribution in [0.5, 0.6) is 0 Å². The van der Waals surface area contributed by atoms with Gasteiger partial charge in [0.25, 0.3) is 0 Å². The Labute approximate surface area is 85.8 Å². The van der Waals surface area contributed by atoms with Gasteiger partial charge in [-0.25, -0.2) is 0 Å². The second-order valence-corrected chi connectivity index (χ2v) is 3.94. The number of hydrogen-bond donors (Lipinski definition) is 2. The number of aryl methyl sites for hydroxylation is 1. The Bertz CT molecular complexity index is 266. The normalized spacial score (nSPS) is 15.1. The fraction of sp³-hybridized carbons (Fsp3) is 0.500. The van der Waals surface area contributed by atoms with Crippen molar-refractivity contribution in [2.45, 2.75) is 38.8 Å². The highest BCUT2D eigenvalue weighted by Gasteiger charge is 2.06. The molecule has 0 fully saturated rings. The predicted octanol–water partition coefficient (Wildman–Crippen LogP) is 2.16. The molecule has 14 heavy (non-hydrogen) atoms. The first-order chi connectivity index (χ1) is 6.59. The molecule has 0 aliphatic heterocycles. The molecular formula is C12H19NO. The number of aliphatic hydroxyl groups is 1. The highest BCUT2D eigenvalue weighted by atomic mass is 16.3. The zero-order valence-electron chi connectivity index (χ0n) is 8.90. The summed E-state index contributed by atoms with van der Waals surface area (Å²) in [5, 5.41) is 9.14. The summed E-state index contributed by atoms with van der Waals surface area (Å²) in [6, 6.07) is 8.30. The van der Waals surface area contributed by atoms with E-state index in [0.29, 0.717) is 0 Å². The van der Waals surface area contributed by atoms with Crippen molar-refractivity contribution in [2.24, 2.45) is 5.73 Å². The van der Waals surface area contributed by atoms with Crippen LogP contribution in [-0.2, 0) is 0 Å². The quantitative estimate of drug-likeness (QED) is 0.769. The lowest BCUT2D eigenvalue weighted by molar-refractivity contribution is 0.178. The van der Waals surface area contributed by atoms with E-state index in [4.69, 9.17) is 10.8 Å². The molecule has 2 heteroatoms. The molecule has 0 aromatic heterocycles. The van der Waals surface area contributed by atoms with Crippen LogP contribution in [0, 0.1) is 6.92 Å². The van der Waals surface area contributed by atoms with Crippen molar-refractivity contribution >= 4 is 0 Å². The second-order valence-electron chi connectivity index (χ2n) is 3.94. The molecule has 2 atom stereocenters. The van der Waals surface area contributed by atoms with E-state index in [0.717, 1.165) is 18.4 Å². The largest absolute Gasteiger partial charge is 0.393 e. The minimum Gasteiger partial charge on any atom is -0.393 e. The molecule has 1 rings (SSSR count). The summed E-state index contributed by atoms with van der Waals surface area (Å²) < 4.78 is 0. The maximum absolute atomic E-state index is 9.14. The Morgan fingerprint density at radius 2 is 1.79 bits per heavy atom. The standard InChI is InChI=1S/C12H19NO/c1-9-3-6-11(7-4-9)12(13)8-5-10(2)14/h3-4,6-7,10,12,14H,5,8,13H2,1-2H3. The van der Waals surface area contributed by atoms with Crippen molar-refractivity contribution in [2.75, 3.05) is 0 Å². The predicted molar refractivity (Wildman–Crippen MR) is 59.0 cm³/mol. The van der Waals surface area contributed by atoms with Gasteiger partial charge in [0.2, 0.25) is 0 Å². The van der Waals surface area contributed by atoms with Crippen LogP contribution < -0.4 is 5.73 Å². The molecule has 0 heterocycles. The minimum atomic E-state index is -0.258. The molecule has 0 radical (unpaired) electrons. The number of hydrogen-bond acceptors (Lipinski definition) is 2. The summed E-state index contributed by atoms with van der Waals surface area (Å²) in [5.41, 5.74) is 8.38. The number of aliphatic hydroxyl groups excluding tert-OH is 1. The monoisotopic (exact) mass is 193 g/mol. The van der Waals surface area contributed by atoms with Gasteiger partial charge in [0, 0.05) is 6.04 Å². The van der Waals surface area contributed by atoms with E-state index in [2.05, 4.69) is 31.2 Å². The molecule has 0 bridgehead atoms. The first kappa shape index (κ1) is 11.2. The SMILES string of the molecule is Cc1ccc(C(N)CCC(C)O)cc1. The highest BCUT2D eigenvalue weighted by molar-refractivity contribution is 5.23. The minimum absolute atomic E-state index is 0.0465. The van der Waals surface area contributed by atoms with Crippen LogP contribution in [0.15, 0.2) is 24.3 Å². The third kappa shape index (κ3) is 3.48. The van der Waals surface area contributed by atoms with Gasteiger partial charge in [-0.15, -0.1) is 0 Å². The molecule has 0 saturated carbocycles. The summed E-state index contributed by atoms with van der Waals surface area (Å²) in [4.78, 5) is 0. The van der Waals surface area contributed by atoms with E-state index in [9.17, 15) is 0 Å². The fourth-order valence-electron chi connectivity index (χ4n) is 1.40. The van der Waals surface area contributed by atoms with Gasteiger partial charge in [-0.05, 0) is 32.3 Å². The lowest BCUT2D eigenvalue weighted by Gasteiger charge is -2.13. The molecule has 0 saturated heterocycles. The molecule has 0 aliphatic rings. The zero-order chi connectivity index (χ0) is 10.6. The maximum atomic E-state index is 9.14. The molecule has 0 aliphatic carbocycles. The Morgan fingerprint density at radius 1 is 1.21 bits per heavy atom. The van der Waals surface area contributed by atoms with Gasteiger partial charge in [-0.1, -0.05) is 29.8 Å². The first-order valence-electron chi connectivity index (χ1n) is 5.10. The Kier molecular flexibility index (Phi) is 4.11. The molecule has 0 amide bonds. The third-order valence-electron chi connectivity index (χ3n) is 2.40. The summed E-state index contributed by atoms with van der Waals surface area (Å²) in [5.74, 6) is 0.